The molecule has 0 fully saturated rings. The van der Waals surface area contributed by atoms with Crippen molar-refractivity contribution in [1.29, 1.82) is 0 Å². The Morgan fingerprint density at radius 1 is 0.927 bits per heavy atom. The van der Waals surface area contributed by atoms with Crippen molar-refractivity contribution in [2.45, 2.75) is 24.9 Å². The van der Waals surface area contributed by atoms with Crippen LogP contribution in [0.15, 0.2) is 112 Å². The summed E-state index contributed by atoms with van der Waals surface area (Å²) in [6, 6.07) is 25.8. The molecule has 11 heteroatoms. The number of hydrogen-bond acceptors (Lipinski definition) is 7. The summed E-state index contributed by atoms with van der Waals surface area (Å²) in [5.74, 6) is 0.247. The third kappa shape index (κ3) is 8.88. The SMILES string of the molecule is Cc1ccc(S(=O)(=O)N(CC(=O)NN=Cc2ccc(OCC(=O)NCc3ccco3)cc2)Cc2ccccc2)cc1. The average Bonchev–Trinajstić information content (AvgIpc) is 3.50. The van der Waals surface area contributed by atoms with E-state index in [0.29, 0.717) is 17.1 Å². The van der Waals surface area contributed by atoms with E-state index in [1.165, 1.54) is 24.6 Å². The van der Waals surface area contributed by atoms with Gasteiger partial charge in [-0.25, -0.2) is 13.8 Å². The van der Waals surface area contributed by atoms with E-state index in [2.05, 4.69) is 15.8 Å². The van der Waals surface area contributed by atoms with Crippen LogP contribution in [-0.2, 0) is 32.7 Å². The molecule has 0 aliphatic rings. The van der Waals surface area contributed by atoms with Crippen molar-refractivity contribution in [3.8, 4) is 5.75 Å². The third-order valence-corrected chi connectivity index (χ3v) is 7.68. The molecular formula is C30H30N4O6S. The summed E-state index contributed by atoms with van der Waals surface area (Å²) < 4.78 is 38.5. The molecule has 0 spiro atoms. The second kappa shape index (κ2) is 14.1. The van der Waals surface area contributed by atoms with E-state index in [9.17, 15) is 18.0 Å². The van der Waals surface area contributed by atoms with Gasteiger partial charge >= 0.3 is 0 Å². The lowest BCUT2D eigenvalue weighted by Gasteiger charge is -2.21. The van der Waals surface area contributed by atoms with Crippen LogP contribution in [0.4, 0.5) is 0 Å². The lowest BCUT2D eigenvalue weighted by Crippen LogP contribution is -2.39. The molecule has 4 rings (SSSR count). The summed E-state index contributed by atoms with van der Waals surface area (Å²) in [7, 11) is -3.95. The van der Waals surface area contributed by atoms with Gasteiger partial charge in [-0.05, 0) is 66.6 Å². The van der Waals surface area contributed by atoms with Gasteiger partial charge in [0.15, 0.2) is 6.61 Å². The zero-order valence-electron chi connectivity index (χ0n) is 22.4. The average molecular weight is 575 g/mol. The molecule has 41 heavy (non-hydrogen) atoms. The number of aryl methyl sites for hydroxylation is 1. The van der Waals surface area contributed by atoms with Gasteiger partial charge in [0.1, 0.15) is 11.5 Å². The second-order valence-electron chi connectivity index (χ2n) is 9.08. The maximum atomic E-state index is 13.4. The summed E-state index contributed by atoms with van der Waals surface area (Å²) in [6.45, 7) is 1.59. The van der Waals surface area contributed by atoms with E-state index in [-0.39, 0.29) is 30.5 Å². The Bertz CT molecular complexity index is 1550. The summed E-state index contributed by atoms with van der Waals surface area (Å²) in [5.41, 5.74) is 4.73. The lowest BCUT2D eigenvalue weighted by molar-refractivity contribution is -0.123. The van der Waals surface area contributed by atoms with Crippen LogP contribution in [0.2, 0.25) is 0 Å². The maximum absolute atomic E-state index is 13.4. The third-order valence-electron chi connectivity index (χ3n) is 5.87. The lowest BCUT2D eigenvalue weighted by atomic mass is 10.2. The van der Waals surface area contributed by atoms with Crippen LogP contribution in [-0.4, -0.2) is 43.9 Å². The molecular weight excluding hydrogens is 544 g/mol. The van der Waals surface area contributed by atoms with Crippen molar-refractivity contribution < 1.29 is 27.2 Å². The minimum Gasteiger partial charge on any atom is -0.484 e. The number of nitrogens with one attached hydrogen (secondary N) is 2. The van der Waals surface area contributed by atoms with Crippen LogP contribution in [0.5, 0.6) is 5.75 Å². The standard InChI is InChI=1S/C30H30N4O6S/c1-23-9-15-28(16-10-23)41(37,38)34(20-25-6-3-2-4-7-25)21-29(35)33-32-18-24-11-13-26(14-12-24)40-22-30(36)31-19-27-8-5-17-39-27/h2-18H,19-22H2,1H3,(H,31,36)(H,33,35). The van der Waals surface area contributed by atoms with Crippen LogP contribution in [0.25, 0.3) is 0 Å². The molecule has 0 unspecified atom stereocenters. The first-order chi connectivity index (χ1) is 19.8. The molecule has 212 valence electrons. The van der Waals surface area contributed by atoms with Crippen molar-refractivity contribution in [3.05, 3.63) is 120 Å². The molecule has 0 atom stereocenters. The number of furan rings is 1. The minimum absolute atomic E-state index is 0.0243. The van der Waals surface area contributed by atoms with Crippen molar-refractivity contribution in [1.82, 2.24) is 15.0 Å². The van der Waals surface area contributed by atoms with Crippen LogP contribution in [0.3, 0.4) is 0 Å². The number of ether oxygens (including phenoxy) is 1. The number of benzene rings is 3. The van der Waals surface area contributed by atoms with E-state index in [4.69, 9.17) is 9.15 Å². The van der Waals surface area contributed by atoms with Gasteiger partial charge < -0.3 is 14.5 Å². The topological polar surface area (TPSA) is 130 Å². The molecule has 10 nitrogen and oxygen atoms in total. The summed E-state index contributed by atoms with van der Waals surface area (Å²) in [6.07, 6.45) is 2.96. The molecule has 1 heterocycles. The zero-order valence-corrected chi connectivity index (χ0v) is 23.2. The summed E-state index contributed by atoms with van der Waals surface area (Å²) in [4.78, 5) is 24.7. The predicted molar refractivity (Wildman–Crippen MR) is 153 cm³/mol. The highest BCUT2D eigenvalue weighted by atomic mass is 32.2. The Balaban J connectivity index is 1.31. The van der Waals surface area contributed by atoms with E-state index >= 15 is 0 Å². The van der Waals surface area contributed by atoms with E-state index in [0.717, 1.165) is 15.4 Å². The predicted octanol–water partition coefficient (Wildman–Crippen LogP) is 3.62. The highest BCUT2D eigenvalue weighted by molar-refractivity contribution is 7.89. The van der Waals surface area contributed by atoms with Crippen molar-refractivity contribution in [2.24, 2.45) is 5.10 Å². The number of hydrogen-bond donors (Lipinski definition) is 2. The summed E-state index contributed by atoms with van der Waals surface area (Å²) >= 11 is 0. The molecule has 2 amide bonds. The number of nitrogens with zero attached hydrogens (tertiary/aromatic N) is 2. The van der Waals surface area contributed by atoms with E-state index in [1.54, 1.807) is 60.7 Å². The van der Waals surface area contributed by atoms with Gasteiger partial charge in [0.25, 0.3) is 11.8 Å². The Labute approximate surface area is 238 Å². The van der Waals surface area contributed by atoms with Crippen LogP contribution in [0.1, 0.15) is 22.5 Å². The second-order valence-corrected chi connectivity index (χ2v) is 11.0. The van der Waals surface area contributed by atoms with Gasteiger partial charge in [-0.15, -0.1) is 0 Å². The highest BCUT2D eigenvalue weighted by Crippen LogP contribution is 2.19. The van der Waals surface area contributed by atoms with Crippen LogP contribution in [0, 0.1) is 6.92 Å². The quantitative estimate of drug-likeness (QED) is 0.185. The summed E-state index contributed by atoms with van der Waals surface area (Å²) in [5, 5.41) is 6.65. The Morgan fingerprint density at radius 3 is 2.34 bits per heavy atom. The molecule has 0 radical (unpaired) electrons. The molecule has 0 aliphatic heterocycles. The first-order valence-electron chi connectivity index (χ1n) is 12.7. The maximum Gasteiger partial charge on any atom is 0.258 e. The molecule has 0 saturated heterocycles. The molecule has 1 aromatic heterocycles. The number of rotatable bonds is 13. The van der Waals surface area contributed by atoms with Gasteiger partial charge in [-0.1, -0.05) is 48.0 Å². The molecule has 0 saturated carbocycles. The van der Waals surface area contributed by atoms with Crippen molar-refractivity contribution in [2.75, 3.05) is 13.2 Å². The first kappa shape index (κ1) is 29.2. The molecule has 3 aromatic carbocycles. The minimum atomic E-state index is -3.95. The smallest absolute Gasteiger partial charge is 0.258 e. The van der Waals surface area contributed by atoms with Gasteiger partial charge in [-0.3, -0.25) is 9.59 Å². The number of hydrazone groups is 1. The first-order valence-corrected chi connectivity index (χ1v) is 14.2. The molecule has 4 aromatic rings. The fourth-order valence-electron chi connectivity index (χ4n) is 3.70. The fraction of sp³-hybridized carbons (Fsp3) is 0.167. The van der Waals surface area contributed by atoms with Gasteiger partial charge in [0.2, 0.25) is 10.0 Å². The van der Waals surface area contributed by atoms with Crippen LogP contribution >= 0.6 is 0 Å². The van der Waals surface area contributed by atoms with E-state index < -0.39 is 22.5 Å². The van der Waals surface area contributed by atoms with Crippen molar-refractivity contribution in [3.63, 3.8) is 0 Å². The number of carbonyl (C=O) groups is 2. The fourth-order valence-corrected chi connectivity index (χ4v) is 5.08. The highest BCUT2D eigenvalue weighted by Gasteiger charge is 2.26. The molecule has 0 aliphatic carbocycles. The van der Waals surface area contributed by atoms with Gasteiger partial charge in [-0.2, -0.15) is 9.41 Å². The Morgan fingerprint density at radius 2 is 1.66 bits per heavy atom. The van der Waals surface area contributed by atoms with Gasteiger partial charge in [0, 0.05) is 6.54 Å². The number of sulfonamides is 1. The largest absolute Gasteiger partial charge is 0.484 e. The van der Waals surface area contributed by atoms with Gasteiger partial charge in [0.05, 0.1) is 30.5 Å². The normalized spacial score (nSPS) is 11.5. The van der Waals surface area contributed by atoms with Crippen LogP contribution < -0.4 is 15.5 Å². The zero-order chi connectivity index (χ0) is 29.1. The number of amides is 2. The Hall–Kier alpha value is -4.74. The Kier molecular flexibility index (Phi) is 10.0. The molecule has 2 N–H and O–H groups in total. The van der Waals surface area contributed by atoms with E-state index in [1.807, 2.05) is 25.1 Å². The van der Waals surface area contributed by atoms with Crippen molar-refractivity contribution >= 4 is 28.1 Å². The number of carbonyl (C=O) groups excluding carboxylic acids is 2. The molecule has 0 bridgehead atoms. The monoisotopic (exact) mass is 574 g/mol.